The average Bonchev–Trinajstić information content (AvgIpc) is 2.61. The van der Waals surface area contributed by atoms with Crippen molar-refractivity contribution >= 4 is 32.2 Å². The number of rotatable bonds is 3. The second-order valence-electron chi connectivity index (χ2n) is 3.81. The Kier molecular flexibility index (Phi) is 3.22. The van der Waals surface area contributed by atoms with Crippen LogP contribution in [-0.2, 0) is 10.0 Å². The number of anilines is 2. The minimum absolute atomic E-state index is 0.118. The molecule has 1 aromatic heterocycles. The van der Waals surface area contributed by atoms with Gasteiger partial charge in [0, 0.05) is 5.69 Å². The molecule has 0 fully saturated rings. The predicted molar refractivity (Wildman–Crippen MR) is 71.0 cm³/mol. The maximum absolute atomic E-state index is 12.1. The van der Waals surface area contributed by atoms with Gasteiger partial charge in [-0.05, 0) is 37.6 Å². The van der Waals surface area contributed by atoms with Gasteiger partial charge in [-0.25, -0.2) is 8.42 Å². The molecule has 0 atom stereocenters. The molecule has 1 heterocycles. The summed E-state index contributed by atoms with van der Waals surface area (Å²) in [7, 11) is -3.67. The average molecular weight is 284 g/mol. The highest BCUT2D eigenvalue weighted by molar-refractivity contribution is 7.93. The topological polar surface area (TPSA) is 98.0 Å². The zero-order chi connectivity index (χ0) is 13.3. The molecule has 0 bridgehead atoms. The first kappa shape index (κ1) is 12.8. The minimum Gasteiger partial charge on any atom is -0.399 e. The number of aryl methyl sites for hydroxylation is 2. The second kappa shape index (κ2) is 4.54. The molecule has 0 spiro atoms. The zero-order valence-corrected chi connectivity index (χ0v) is 11.5. The number of nitrogens with two attached hydrogens (primary N) is 1. The summed E-state index contributed by atoms with van der Waals surface area (Å²) in [6.45, 7) is 3.53. The first-order chi connectivity index (χ1) is 8.37. The van der Waals surface area contributed by atoms with Crippen molar-refractivity contribution in [2.75, 3.05) is 10.5 Å². The molecule has 8 heteroatoms. The molecule has 1 aromatic carbocycles. The van der Waals surface area contributed by atoms with E-state index in [4.69, 9.17) is 5.73 Å². The molecule has 0 saturated carbocycles. The van der Waals surface area contributed by atoms with Crippen molar-refractivity contribution in [2.45, 2.75) is 18.7 Å². The van der Waals surface area contributed by atoms with E-state index >= 15 is 0 Å². The van der Waals surface area contributed by atoms with E-state index in [1.807, 2.05) is 0 Å². The van der Waals surface area contributed by atoms with E-state index in [-0.39, 0.29) is 10.0 Å². The fourth-order valence-corrected chi connectivity index (χ4v) is 3.40. The van der Waals surface area contributed by atoms with Crippen LogP contribution in [0.5, 0.6) is 0 Å². The lowest BCUT2D eigenvalue weighted by Gasteiger charge is -2.06. The smallest absolute Gasteiger partial charge is 0.263 e. The Balaban J connectivity index is 2.36. The van der Waals surface area contributed by atoms with Crippen molar-refractivity contribution < 1.29 is 8.42 Å². The van der Waals surface area contributed by atoms with Gasteiger partial charge in [-0.2, -0.15) is 0 Å². The molecule has 0 radical (unpaired) electrons. The van der Waals surface area contributed by atoms with Crippen LogP contribution in [0.1, 0.15) is 10.6 Å². The van der Waals surface area contributed by atoms with Crippen molar-refractivity contribution in [3.05, 3.63) is 28.8 Å². The van der Waals surface area contributed by atoms with Crippen molar-refractivity contribution in [1.82, 2.24) is 10.2 Å². The molecule has 96 valence electrons. The second-order valence-corrected chi connectivity index (χ2v) is 6.68. The summed E-state index contributed by atoms with van der Waals surface area (Å²) >= 11 is 1.17. The number of nitrogens with one attached hydrogen (secondary N) is 1. The Bertz CT molecular complexity index is 659. The van der Waals surface area contributed by atoms with E-state index in [2.05, 4.69) is 14.9 Å². The molecule has 6 nitrogen and oxygen atoms in total. The molecule has 3 N–H and O–H groups in total. The van der Waals surface area contributed by atoms with Gasteiger partial charge in [0.1, 0.15) is 5.01 Å². The molecule has 18 heavy (non-hydrogen) atoms. The number of nitrogen functional groups attached to an aromatic ring is 1. The summed E-state index contributed by atoms with van der Waals surface area (Å²) in [6.07, 6.45) is 0. The normalized spacial score (nSPS) is 11.4. The summed E-state index contributed by atoms with van der Waals surface area (Å²) in [5.74, 6) is 0. The first-order valence-corrected chi connectivity index (χ1v) is 7.37. The predicted octanol–water partition coefficient (Wildman–Crippen LogP) is 1.54. The third-order valence-electron chi connectivity index (χ3n) is 2.13. The molecular weight excluding hydrogens is 272 g/mol. The highest BCUT2D eigenvalue weighted by atomic mass is 32.2. The highest BCUT2D eigenvalue weighted by Gasteiger charge is 2.17. The van der Waals surface area contributed by atoms with Crippen LogP contribution >= 0.6 is 11.3 Å². The molecule has 0 aliphatic heterocycles. The number of aromatic nitrogens is 2. The third-order valence-corrected chi connectivity index (χ3v) is 4.33. The van der Waals surface area contributed by atoms with E-state index in [9.17, 15) is 8.42 Å². The Morgan fingerprint density at radius 2 is 1.94 bits per heavy atom. The van der Waals surface area contributed by atoms with Gasteiger partial charge in [-0.1, -0.05) is 11.3 Å². The number of hydrogen-bond acceptors (Lipinski definition) is 6. The molecule has 2 aromatic rings. The van der Waals surface area contributed by atoms with Gasteiger partial charge >= 0.3 is 0 Å². The maximum atomic E-state index is 12.1. The molecule has 0 amide bonds. The summed E-state index contributed by atoms with van der Waals surface area (Å²) in [5, 5.41) is 8.40. The van der Waals surface area contributed by atoms with E-state index in [0.29, 0.717) is 10.7 Å². The summed E-state index contributed by atoms with van der Waals surface area (Å²) in [4.78, 5) is 0.118. The lowest BCUT2D eigenvalue weighted by atomic mass is 10.2. The number of benzene rings is 1. The fraction of sp³-hybridized carbons (Fsp3) is 0.200. The Morgan fingerprint density at radius 1 is 1.22 bits per heavy atom. The Hall–Kier alpha value is -1.67. The highest BCUT2D eigenvalue weighted by Crippen LogP contribution is 2.21. The van der Waals surface area contributed by atoms with Crippen molar-refractivity contribution in [3.8, 4) is 0 Å². The third kappa shape index (κ3) is 2.77. The monoisotopic (exact) mass is 284 g/mol. The summed E-state index contributed by atoms with van der Waals surface area (Å²) in [6, 6.07) is 4.66. The van der Waals surface area contributed by atoms with Crippen molar-refractivity contribution in [1.29, 1.82) is 0 Å². The van der Waals surface area contributed by atoms with Crippen LogP contribution in [0.2, 0.25) is 0 Å². The Morgan fingerprint density at radius 3 is 2.50 bits per heavy atom. The number of sulfonamides is 1. The first-order valence-electron chi connectivity index (χ1n) is 5.07. The van der Waals surface area contributed by atoms with E-state index < -0.39 is 10.0 Å². The van der Waals surface area contributed by atoms with Gasteiger partial charge in [-0.3, -0.25) is 4.72 Å². The quantitative estimate of drug-likeness (QED) is 0.833. The van der Waals surface area contributed by atoms with Crippen molar-refractivity contribution in [2.24, 2.45) is 0 Å². The largest absolute Gasteiger partial charge is 0.399 e. The van der Waals surface area contributed by atoms with Crippen LogP contribution in [0.3, 0.4) is 0 Å². The number of nitrogens with zero attached hydrogens (tertiary/aromatic N) is 2. The van der Waals surface area contributed by atoms with Crippen LogP contribution in [0.25, 0.3) is 0 Å². The van der Waals surface area contributed by atoms with E-state index in [1.165, 1.54) is 17.4 Å². The SMILES string of the molecule is Cc1cc(N)cc(S(=O)(=O)Nc2nnc(C)s2)c1. The molecule has 2 rings (SSSR count). The fourth-order valence-electron chi connectivity index (χ4n) is 1.44. The van der Waals surface area contributed by atoms with Crippen LogP contribution in [0.15, 0.2) is 23.1 Å². The van der Waals surface area contributed by atoms with Gasteiger partial charge in [-0.15, -0.1) is 10.2 Å². The molecule has 0 saturated heterocycles. The summed E-state index contributed by atoms with van der Waals surface area (Å²) in [5.41, 5.74) is 6.82. The Labute approximate surface area is 109 Å². The molecular formula is C10H12N4O2S2. The van der Waals surface area contributed by atoms with Crippen LogP contribution in [0.4, 0.5) is 10.8 Å². The summed E-state index contributed by atoms with van der Waals surface area (Å²) < 4.78 is 26.5. The van der Waals surface area contributed by atoms with Gasteiger partial charge < -0.3 is 5.73 Å². The molecule has 0 aliphatic rings. The lowest BCUT2D eigenvalue weighted by molar-refractivity contribution is 0.601. The van der Waals surface area contributed by atoms with Crippen LogP contribution < -0.4 is 10.5 Å². The molecule has 0 unspecified atom stereocenters. The number of hydrogen-bond donors (Lipinski definition) is 2. The standard InChI is InChI=1S/C10H12N4O2S2/c1-6-3-8(11)5-9(4-6)18(15,16)14-10-13-12-7(2)17-10/h3-5H,11H2,1-2H3,(H,13,14). The lowest BCUT2D eigenvalue weighted by Crippen LogP contribution is -2.13. The van der Waals surface area contributed by atoms with Crippen LogP contribution in [-0.4, -0.2) is 18.6 Å². The van der Waals surface area contributed by atoms with Crippen molar-refractivity contribution in [3.63, 3.8) is 0 Å². The zero-order valence-electron chi connectivity index (χ0n) is 9.84. The van der Waals surface area contributed by atoms with E-state index in [0.717, 1.165) is 5.56 Å². The van der Waals surface area contributed by atoms with Gasteiger partial charge in [0.05, 0.1) is 4.90 Å². The van der Waals surface area contributed by atoms with Gasteiger partial charge in [0.25, 0.3) is 10.0 Å². The maximum Gasteiger partial charge on any atom is 0.263 e. The van der Waals surface area contributed by atoms with Crippen LogP contribution in [0, 0.1) is 13.8 Å². The van der Waals surface area contributed by atoms with Gasteiger partial charge in [0.2, 0.25) is 5.13 Å². The van der Waals surface area contributed by atoms with Gasteiger partial charge in [0.15, 0.2) is 0 Å². The van der Waals surface area contributed by atoms with E-state index in [1.54, 1.807) is 26.0 Å². The molecule has 0 aliphatic carbocycles. The minimum atomic E-state index is -3.67.